The van der Waals surface area contributed by atoms with Gasteiger partial charge in [-0.05, 0) is 41.8 Å². The zero-order valence-corrected chi connectivity index (χ0v) is 16.1. The van der Waals surface area contributed by atoms with E-state index in [0.717, 1.165) is 38.2 Å². The third-order valence-electron chi connectivity index (χ3n) is 4.61. The summed E-state index contributed by atoms with van der Waals surface area (Å²) in [6.45, 7) is 4.15. The second-order valence-corrected chi connectivity index (χ2v) is 7.51. The summed E-state index contributed by atoms with van der Waals surface area (Å²) < 4.78 is 9.30. The zero-order valence-electron chi connectivity index (χ0n) is 15.2. The van der Waals surface area contributed by atoms with Gasteiger partial charge in [0.2, 0.25) is 0 Å². The fourth-order valence-electron chi connectivity index (χ4n) is 3.25. The molecule has 0 N–H and O–H groups in total. The first-order valence-corrected chi connectivity index (χ1v) is 10.2. The maximum Gasteiger partial charge on any atom is 0.262 e. The van der Waals surface area contributed by atoms with Crippen LogP contribution in [0.1, 0.15) is 32.0 Å². The van der Waals surface area contributed by atoms with Crippen molar-refractivity contribution in [2.75, 3.05) is 6.61 Å². The molecule has 0 radical (unpaired) electrons. The van der Waals surface area contributed by atoms with Crippen molar-refractivity contribution in [2.24, 2.45) is 0 Å². The van der Waals surface area contributed by atoms with Gasteiger partial charge in [-0.3, -0.25) is 9.36 Å². The van der Waals surface area contributed by atoms with Crippen molar-refractivity contribution in [3.8, 4) is 0 Å². The number of benzene rings is 1. The monoisotopic (exact) mass is 386 g/mol. The minimum absolute atomic E-state index is 0.0215. The quantitative estimate of drug-likeness (QED) is 0.455. The third kappa shape index (κ3) is 3.89. The summed E-state index contributed by atoms with van der Waals surface area (Å²) in [6, 6.07) is 7.47. The topological polar surface area (TPSA) is 87.7 Å². The van der Waals surface area contributed by atoms with Crippen LogP contribution in [0.25, 0.3) is 10.9 Å². The summed E-state index contributed by atoms with van der Waals surface area (Å²) >= 11 is 1.49. The van der Waals surface area contributed by atoms with Crippen LogP contribution >= 0.6 is 11.8 Å². The lowest BCUT2D eigenvalue weighted by molar-refractivity contribution is 0.0937. The Morgan fingerprint density at radius 3 is 3.04 bits per heavy atom. The summed E-state index contributed by atoms with van der Waals surface area (Å²) in [6.07, 6.45) is 3.03. The molecule has 1 aliphatic rings. The van der Waals surface area contributed by atoms with Crippen LogP contribution in [0.5, 0.6) is 0 Å². The van der Waals surface area contributed by atoms with Gasteiger partial charge >= 0.3 is 0 Å². The number of hydrogen-bond donors (Lipinski definition) is 0. The number of ether oxygens (including phenoxy) is 1. The fourth-order valence-corrected chi connectivity index (χ4v) is 4.19. The third-order valence-corrected chi connectivity index (χ3v) is 5.58. The van der Waals surface area contributed by atoms with E-state index in [9.17, 15) is 4.79 Å². The second kappa shape index (κ2) is 8.18. The Morgan fingerprint density at radius 2 is 2.22 bits per heavy atom. The predicted molar refractivity (Wildman–Crippen MR) is 103 cm³/mol. The smallest absolute Gasteiger partial charge is 0.262 e. The molecule has 1 atom stereocenters. The van der Waals surface area contributed by atoms with E-state index in [4.69, 9.17) is 9.72 Å². The molecule has 8 nitrogen and oxygen atoms in total. The molecule has 0 bridgehead atoms. The SMILES string of the molecule is CCCn1nnnc1CSc1nc2ccccc2c(=O)n1C[C@H]1CCCO1. The first-order chi connectivity index (χ1) is 13.3. The number of hydrogen-bond acceptors (Lipinski definition) is 7. The number of aryl methyl sites for hydroxylation is 1. The molecule has 0 saturated carbocycles. The Kier molecular flexibility index (Phi) is 5.49. The number of aromatic nitrogens is 6. The Balaban J connectivity index is 1.66. The minimum atomic E-state index is -0.0215. The van der Waals surface area contributed by atoms with Crippen LogP contribution < -0.4 is 5.56 Å². The Morgan fingerprint density at radius 1 is 1.33 bits per heavy atom. The summed E-state index contributed by atoms with van der Waals surface area (Å²) in [4.78, 5) is 17.8. The Labute approximate surface area is 160 Å². The van der Waals surface area contributed by atoms with Gasteiger partial charge in [0, 0.05) is 13.2 Å². The van der Waals surface area contributed by atoms with E-state index in [-0.39, 0.29) is 11.7 Å². The van der Waals surface area contributed by atoms with Gasteiger partial charge in [-0.2, -0.15) is 0 Å². The molecule has 1 aliphatic heterocycles. The molecule has 1 fully saturated rings. The number of para-hydroxylation sites is 1. The van der Waals surface area contributed by atoms with Crippen molar-refractivity contribution >= 4 is 22.7 Å². The molecule has 0 unspecified atom stereocenters. The van der Waals surface area contributed by atoms with Crippen LogP contribution in [0.15, 0.2) is 34.2 Å². The van der Waals surface area contributed by atoms with E-state index in [1.165, 1.54) is 11.8 Å². The summed E-state index contributed by atoms with van der Waals surface area (Å²) in [5.41, 5.74) is 0.688. The maximum atomic E-state index is 13.1. The largest absolute Gasteiger partial charge is 0.376 e. The molecule has 0 aliphatic carbocycles. The molecule has 1 saturated heterocycles. The molecule has 3 heterocycles. The minimum Gasteiger partial charge on any atom is -0.376 e. The standard InChI is InChI=1S/C18H22N6O2S/c1-2-9-24-16(20-21-22-24)12-27-18-19-15-8-4-3-7-14(15)17(25)23(18)11-13-6-5-10-26-13/h3-4,7-8,13H,2,5-6,9-12H2,1H3/t13-/m1/s1. The highest BCUT2D eigenvalue weighted by Gasteiger charge is 2.20. The van der Waals surface area contributed by atoms with E-state index < -0.39 is 0 Å². The van der Waals surface area contributed by atoms with Gasteiger partial charge in [-0.15, -0.1) is 5.10 Å². The molecule has 1 aromatic carbocycles. The molecule has 142 valence electrons. The highest BCUT2D eigenvalue weighted by molar-refractivity contribution is 7.98. The molecule has 0 amide bonds. The maximum absolute atomic E-state index is 13.1. The number of rotatable bonds is 7. The number of fused-ring (bicyclic) bond motifs is 1. The fraction of sp³-hybridized carbons (Fsp3) is 0.500. The van der Waals surface area contributed by atoms with Gasteiger partial charge in [0.1, 0.15) is 0 Å². The summed E-state index contributed by atoms with van der Waals surface area (Å²) in [7, 11) is 0. The predicted octanol–water partition coefficient (Wildman–Crippen LogP) is 2.26. The summed E-state index contributed by atoms with van der Waals surface area (Å²) in [5, 5.41) is 13.2. The van der Waals surface area contributed by atoms with E-state index in [0.29, 0.717) is 28.4 Å². The molecular weight excluding hydrogens is 364 g/mol. The van der Waals surface area contributed by atoms with E-state index in [1.54, 1.807) is 9.25 Å². The van der Waals surface area contributed by atoms with Crippen LogP contribution in [0, 0.1) is 0 Å². The molecule has 0 spiro atoms. The first-order valence-electron chi connectivity index (χ1n) is 9.25. The average molecular weight is 386 g/mol. The molecular formula is C18H22N6O2S. The number of nitrogens with zero attached hydrogens (tertiary/aromatic N) is 6. The molecule has 9 heteroatoms. The Hall–Kier alpha value is -2.26. The van der Waals surface area contributed by atoms with Crippen molar-refractivity contribution < 1.29 is 4.74 Å². The van der Waals surface area contributed by atoms with E-state index >= 15 is 0 Å². The van der Waals surface area contributed by atoms with Gasteiger partial charge < -0.3 is 4.74 Å². The van der Waals surface area contributed by atoms with Crippen LogP contribution in [0.2, 0.25) is 0 Å². The van der Waals surface area contributed by atoms with Gasteiger partial charge in [0.25, 0.3) is 5.56 Å². The van der Waals surface area contributed by atoms with Gasteiger partial charge in [-0.1, -0.05) is 30.8 Å². The lowest BCUT2D eigenvalue weighted by atomic mass is 10.2. The van der Waals surface area contributed by atoms with Crippen LogP contribution in [-0.2, 0) is 23.6 Å². The van der Waals surface area contributed by atoms with E-state index in [1.807, 2.05) is 24.3 Å². The van der Waals surface area contributed by atoms with Gasteiger partial charge in [0.15, 0.2) is 11.0 Å². The van der Waals surface area contributed by atoms with Crippen molar-refractivity contribution in [1.29, 1.82) is 0 Å². The Bertz CT molecular complexity index is 979. The lowest BCUT2D eigenvalue weighted by Crippen LogP contribution is -2.28. The number of thioether (sulfide) groups is 1. The van der Waals surface area contributed by atoms with Crippen LogP contribution in [0.4, 0.5) is 0 Å². The molecule has 3 aromatic rings. The van der Waals surface area contributed by atoms with Crippen molar-refractivity contribution in [1.82, 2.24) is 29.8 Å². The van der Waals surface area contributed by atoms with Crippen LogP contribution in [0.3, 0.4) is 0 Å². The second-order valence-electron chi connectivity index (χ2n) is 6.57. The van der Waals surface area contributed by atoms with Gasteiger partial charge in [0.05, 0.1) is 29.3 Å². The summed E-state index contributed by atoms with van der Waals surface area (Å²) in [5.74, 6) is 1.34. The first kappa shape index (κ1) is 18.1. The number of tetrazole rings is 1. The van der Waals surface area contributed by atoms with Crippen molar-refractivity contribution in [2.45, 2.75) is 56.3 Å². The zero-order chi connectivity index (χ0) is 18.6. The lowest BCUT2D eigenvalue weighted by Gasteiger charge is -2.16. The highest BCUT2D eigenvalue weighted by atomic mass is 32.2. The van der Waals surface area contributed by atoms with Crippen molar-refractivity contribution in [3.63, 3.8) is 0 Å². The normalized spacial score (nSPS) is 17.0. The average Bonchev–Trinajstić information content (AvgIpc) is 3.35. The molecule has 2 aromatic heterocycles. The van der Waals surface area contributed by atoms with Crippen molar-refractivity contribution in [3.05, 3.63) is 40.4 Å². The molecule has 27 heavy (non-hydrogen) atoms. The van der Waals surface area contributed by atoms with Gasteiger partial charge in [-0.25, -0.2) is 9.67 Å². The van der Waals surface area contributed by atoms with Crippen LogP contribution in [-0.4, -0.2) is 42.5 Å². The molecule has 4 rings (SSSR count). The highest BCUT2D eigenvalue weighted by Crippen LogP contribution is 2.23. The van der Waals surface area contributed by atoms with E-state index in [2.05, 4.69) is 22.4 Å².